The highest BCUT2D eigenvalue weighted by molar-refractivity contribution is 9.10. The van der Waals surface area contributed by atoms with Crippen molar-refractivity contribution in [3.05, 3.63) is 61.9 Å². The maximum absolute atomic E-state index is 12.7. The quantitative estimate of drug-likeness (QED) is 0.532. The van der Waals surface area contributed by atoms with E-state index in [2.05, 4.69) is 31.4 Å². The third kappa shape index (κ3) is 4.48. The molecule has 0 saturated heterocycles. The molecular weight excluding hydrogens is 476 g/mol. The molecule has 2 heterocycles. The lowest BCUT2D eigenvalue weighted by atomic mass is 10.1. The van der Waals surface area contributed by atoms with Crippen molar-refractivity contribution in [2.75, 3.05) is 5.32 Å². The van der Waals surface area contributed by atoms with Gasteiger partial charge in [0.05, 0.1) is 17.2 Å². The van der Waals surface area contributed by atoms with Gasteiger partial charge in [0, 0.05) is 22.4 Å². The number of benzene rings is 1. The number of halogens is 4. The molecule has 0 fully saturated rings. The molecule has 27 heavy (non-hydrogen) atoms. The van der Waals surface area contributed by atoms with Crippen LogP contribution in [0.5, 0.6) is 0 Å². The minimum Gasteiger partial charge on any atom is -0.306 e. The highest BCUT2D eigenvalue weighted by Gasteiger charge is 2.31. The number of hydrogen-bond donors (Lipinski definition) is 1. The van der Waals surface area contributed by atoms with Gasteiger partial charge in [-0.15, -0.1) is 0 Å². The van der Waals surface area contributed by atoms with E-state index in [1.165, 1.54) is 0 Å². The number of anilines is 1. The maximum atomic E-state index is 12.7. The smallest absolute Gasteiger partial charge is 0.253 e. The monoisotopic (exact) mass is 489 g/mol. The Morgan fingerprint density at radius 2 is 1.96 bits per heavy atom. The fourth-order valence-corrected chi connectivity index (χ4v) is 3.31. The van der Waals surface area contributed by atoms with E-state index < -0.39 is 5.54 Å². The van der Waals surface area contributed by atoms with Crippen LogP contribution < -0.4 is 5.32 Å². The van der Waals surface area contributed by atoms with Crippen LogP contribution in [-0.4, -0.2) is 25.5 Å². The third-order valence-electron chi connectivity index (χ3n) is 3.98. The van der Waals surface area contributed by atoms with Crippen LogP contribution in [0.15, 0.2) is 41.3 Å². The minimum absolute atomic E-state index is 0.269. The molecule has 0 aliphatic carbocycles. The highest BCUT2D eigenvalue weighted by Crippen LogP contribution is 2.26. The number of nitrogens with one attached hydrogen (secondary N) is 1. The van der Waals surface area contributed by atoms with Gasteiger partial charge in [-0.05, 0) is 47.5 Å². The van der Waals surface area contributed by atoms with Gasteiger partial charge in [0.25, 0.3) is 5.91 Å². The lowest BCUT2D eigenvalue weighted by Gasteiger charge is -2.23. The van der Waals surface area contributed by atoms with Crippen molar-refractivity contribution in [2.45, 2.75) is 25.9 Å². The summed E-state index contributed by atoms with van der Waals surface area (Å²) >= 11 is 21.7. The van der Waals surface area contributed by atoms with Crippen LogP contribution in [0.4, 0.5) is 5.82 Å². The molecule has 1 aromatic carbocycles. The summed E-state index contributed by atoms with van der Waals surface area (Å²) in [7, 11) is 0. The van der Waals surface area contributed by atoms with Crippen molar-refractivity contribution in [1.82, 2.24) is 19.6 Å². The van der Waals surface area contributed by atoms with Crippen LogP contribution in [0.25, 0.3) is 0 Å². The predicted molar refractivity (Wildman–Crippen MR) is 111 cm³/mol. The SMILES string of the molecule is CC(C)(C(=O)Nc1nn(Cc2ccc(Cl)cc2Cl)cc1Cl)n1cc(Br)cn1. The van der Waals surface area contributed by atoms with E-state index in [0.717, 1.165) is 10.0 Å². The molecule has 1 N–H and O–H groups in total. The summed E-state index contributed by atoms with van der Waals surface area (Å²) in [6.45, 7) is 3.89. The van der Waals surface area contributed by atoms with Gasteiger partial charge in [-0.2, -0.15) is 10.2 Å². The van der Waals surface area contributed by atoms with E-state index in [-0.39, 0.29) is 11.7 Å². The first-order chi connectivity index (χ1) is 12.7. The van der Waals surface area contributed by atoms with Gasteiger partial charge >= 0.3 is 0 Å². The zero-order chi connectivity index (χ0) is 19.8. The van der Waals surface area contributed by atoms with E-state index in [1.54, 1.807) is 53.9 Å². The Labute approximate surface area is 179 Å². The van der Waals surface area contributed by atoms with E-state index in [0.29, 0.717) is 21.6 Å². The number of hydrogen-bond acceptors (Lipinski definition) is 3. The predicted octanol–water partition coefficient (Wildman–Crippen LogP) is 5.22. The van der Waals surface area contributed by atoms with Gasteiger partial charge in [0.15, 0.2) is 5.82 Å². The van der Waals surface area contributed by atoms with Gasteiger partial charge in [-0.25, -0.2) is 0 Å². The first-order valence-electron chi connectivity index (χ1n) is 7.86. The van der Waals surface area contributed by atoms with E-state index in [4.69, 9.17) is 34.8 Å². The molecule has 3 rings (SSSR count). The summed E-state index contributed by atoms with van der Waals surface area (Å²) in [6.07, 6.45) is 4.97. The lowest BCUT2D eigenvalue weighted by Crippen LogP contribution is -2.40. The van der Waals surface area contributed by atoms with Crippen molar-refractivity contribution in [1.29, 1.82) is 0 Å². The fraction of sp³-hybridized carbons (Fsp3) is 0.235. The summed E-state index contributed by atoms with van der Waals surface area (Å²) in [6, 6.07) is 5.23. The van der Waals surface area contributed by atoms with Gasteiger partial charge in [-0.1, -0.05) is 40.9 Å². The standard InChI is InChI=1S/C17H15BrCl3N5O/c1-17(2,26-8-11(18)6-22-26)16(27)23-15-14(21)9-25(24-15)7-10-3-4-12(19)5-13(10)20/h3-6,8-9H,7H2,1-2H3,(H,23,24,27). The molecule has 0 atom stereocenters. The van der Waals surface area contributed by atoms with E-state index in [9.17, 15) is 4.79 Å². The second kappa shape index (κ2) is 7.83. The lowest BCUT2D eigenvalue weighted by molar-refractivity contribution is -0.123. The Morgan fingerprint density at radius 1 is 1.22 bits per heavy atom. The van der Waals surface area contributed by atoms with Crippen LogP contribution in [0, 0.1) is 0 Å². The Bertz CT molecular complexity index is 998. The number of carbonyl (C=O) groups is 1. The number of rotatable bonds is 5. The molecule has 0 bridgehead atoms. The first kappa shape index (κ1) is 20.2. The highest BCUT2D eigenvalue weighted by atomic mass is 79.9. The largest absolute Gasteiger partial charge is 0.306 e. The van der Waals surface area contributed by atoms with Gasteiger partial charge in [0.1, 0.15) is 10.6 Å². The molecule has 3 aromatic rings. The average Bonchev–Trinajstić information content (AvgIpc) is 3.17. The Morgan fingerprint density at radius 3 is 2.59 bits per heavy atom. The average molecular weight is 492 g/mol. The van der Waals surface area contributed by atoms with Crippen molar-refractivity contribution in [2.24, 2.45) is 0 Å². The molecule has 0 spiro atoms. The van der Waals surface area contributed by atoms with Crippen LogP contribution in [0.3, 0.4) is 0 Å². The van der Waals surface area contributed by atoms with Crippen molar-refractivity contribution >= 4 is 62.5 Å². The zero-order valence-electron chi connectivity index (χ0n) is 14.4. The van der Waals surface area contributed by atoms with Crippen LogP contribution in [0.1, 0.15) is 19.4 Å². The molecule has 1 amide bonds. The number of aromatic nitrogens is 4. The minimum atomic E-state index is -0.932. The molecule has 6 nitrogen and oxygen atoms in total. The summed E-state index contributed by atoms with van der Waals surface area (Å²) < 4.78 is 3.94. The summed E-state index contributed by atoms with van der Waals surface area (Å²) in [4.78, 5) is 12.7. The van der Waals surface area contributed by atoms with Crippen molar-refractivity contribution in [3.8, 4) is 0 Å². The Balaban J connectivity index is 1.77. The van der Waals surface area contributed by atoms with Gasteiger partial charge < -0.3 is 5.32 Å². The van der Waals surface area contributed by atoms with E-state index >= 15 is 0 Å². The zero-order valence-corrected chi connectivity index (χ0v) is 18.2. The molecule has 0 unspecified atom stereocenters. The summed E-state index contributed by atoms with van der Waals surface area (Å²) in [5.41, 5.74) is -0.0988. The Kier molecular flexibility index (Phi) is 5.86. The van der Waals surface area contributed by atoms with Gasteiger partial charge in [-0.3, -0.25) is 14.2 Å². The van der Waals surface area contributed by atoms with Crippen molar-refractivity contribution < 1.29 is 4.79 Å². The molecule has 142 valence electrons. The second-order valence-electron chi connectivity index (χ2n) is 6.38. The number of nitrogens with zero attached hydrogens (tertiary/aromatic N) is 4. The Hall–Kier alpha value is -1.54. The summed E-state index contributed by atoms with van der Waals surface area (Å²) in [5.74, 6) is -0.0270. The van der Waals surface area contributed by atoms with E-state index in [1.807, 2.05) is 6.07 Å². The molecule has 0 saturated carbocycles. The summed E-state index contributed by atoms with van der Waals surface area (Å²) in [5, 5.41) is 12.7. The third-order valence-corrected chi connectivity index (χ3v) is 5.25. The fourth-order valence-electron chi connectivity index (χ4n) is 2.36. The maximum Gasteiger partial charge on any atom is 0.253 e. The first-order valence-corrected chi connectivity index (χ1v) is 9.78. The molecule has 0 radical (unpaired) electrons. The molecule has 0 aliphatic heterocycles. The molecule has 10 heteroatoms. The normalized spacial score (nSPS) is 11.6. The molecular formula is C17H15BrCl3N5O. The molecule has 2 aromatic heterocycles. The number of amides is 1. The van der Waals surface area contributed by atoms with Gasteiger partial charge in [0.2, 0.25) is 0 Å². The number of carbonyl (C=O) groups excluding carboxylic acids is 1. The topological polar surface area (TPSA) is 64.7 Å². The molecule has 0 aliphatic rings. The van der Waals surface area contributed by atoms with Crippen LogP contribution >= 0.6 is 50.7 Å². The second-order valence-corrected chi connectivity index (χ2v) is 8.54. The van der Waals surface area contributed by atoms with Crippen LogP contribution in [-0.2, 0) is 16.9 Å². The van der Waals surface area contributed by atoms with Crippen LogP contribution in [0.2, 0.25) is 15.1 Å². The van der Waals surface area contributed by atoms with Crippen molar-refractivity contribution in [3.63, 3.8) is 0 Å².